The number of hydrogen-bond acceptors (Lipinski definition) is 2. The van der Waals surface area contributed by atoms with E-state index in [9.17, 15) is 4.79 Å². The average Bonchev–Trinajstić information content (AvgIpc) is 2.04. The van der Waals surface area contributed by atoms with E-state index < -0.39 is 0 Å². The molecule has 0 fully saturated rings. The number of esters is 1. The highest BCUT2D eigenvalue weighted by Gasteiger charge is 2.03. The van der Waals surface area contributed by atoms with Crippen molar-refractivity contribution in [1.82, 2.24) is 0 Å². The summed E-state index contributed by atoms with van der Waals surface area (Å²) in [6.07, 6.45) is 4.36. The number of unbranched alkanes of at least 4 members (excludes halogenated alkanes) is 1. The van der Waals surface area contributed by atoms with E-state index in [1.807, 2.05) is 6.92 Å². The van der Waals surface area contributed by atoms with Crippen molar-refractivity contribution in [3.8, 4) is 0 Å². The summed E-state index contributed by atoms with van der Waals surface area (Å²) in [7, 11) is 0. The molecule has 0 unspecified atom stereocenters. The quantitative estimate of drug-likeness (QED) is 0.483. The van der Waals surface area contributed by atoms with Crippen molar-refractivity contribution in [3.05, 3.63) is 11.3 Å². The van der Waals surface area contributed by atoms with Gasteiger partial charge < -0.3 is 4.74 Å². The van der Waals surface area contributed by atoms with Crippen LogP contribution in [0.25, 0.3) is 0 Å². The highest BCUT2D eigenvalue weighted by atomic mass is 16.5. The van der Waals surface area contributed by atoms with Crippen molar-refractivity contribution in [2.45, 2.75) is 53.4 Å². The molecule has 2 nitrogen and oxygen atoms in total. The number of rotatable bonds is 5. The normalized spacial score (nSPS) is 12.3. The van der Waals surface area contributed by atoms with Crippen LogP contribution >= 0.6 is 0 Å². The van der Waals surface area contributed by atoms with Crippen LogP contribution in [0.1, 0.15) is 53.4 Å². The molecule has 0 N–H and O–H groups in total. The molecule has 0 bridgehead atoms. The van der Waals surface area contributed by atoms with Crippen LogP contribution < -0.4 is 0 Å². The standard InChI is InChI=1S/C11H20O2/c1-5-7-8-11(6-2)9(3)13-10(4)12/h5-8H2,1-4H3. The fourth-order valence-electron chi connectivity index (χ4n) is 1.28. The van der Waals surface area contributed by atoms with E-state index >= 15 is 0 Å². The second kappa shape index (κ2) is 6.70. The molecule has 2 heteroatoms. The molecule has 0 saturated carbocycles. The van der Waals surface area contributed by atoms with Crippen molar-refractivity contribution in [2.75, 3.05) is 0 Å². The molecule has 0 heterocycles. The highest BCUT2D eigenvalue weighted by molar-refractivity contribution is 5.67. The number of carbonyl (C=O) groups excluding carboxylic acids is 1. The summed E-state index contributed by atoms with van der Waals surface area (Å²) in [5.74, 6) is 0.573. The first kappa shape index (κ1) is 12.2. The molecule has 0 aromatic rings. The Hall–Kier alpha value is -0.790. The minimum absolute atomic E-state index is 0.222. The Kier molecular flexibility index (Phi) is 6.29. The van der Waals surface area contributed by atoms with Gasteiger partial charge in [0.15, 0.2) is 0 Å². The van der Waals surface area contributed by atoms with Crippen LogP contribution in [0, 0.1) is 0 Å². The van der Waals surface area contributed by atoms with Gasteiger partial charge in [0.05, 0.1) is 0 Å². The molecule has 0 aliphatic heterocycles. The van der Waals surface area contributed by atoms with Crippen LogP contribution in [-0.2, 0) is 9.53 Å². The largest absolute Gasteiger partial charge is 0.432 e. The van der Waals surface area contributed by atoms with Gasteiger partial charge in [-0.15, -0.1) is 0 Å². The van der Waals surface area contributed by atoms with Gasteiger partial charge in [0.1, 0.15) is 5.76 Å². The summed E-state index contributed by atoms with van der Waals surface area (Å²) >= 11 is 0. The maximum atomic E-state index is 10.7. The molecule has 76 valence electrons. The van der Waals surface area contributed by atoms with Gasteiger partial charge in [-0.3, -0.25) is 4.79 Å². The Bertz CT molecular complexity index is 192. The lowest BCUT2D eigenvalue weighted by Gasteiger charge is -2.08. The van der Waals surface area contributed by atoms with Crippen molar-refractivity contribution in [1.29, 1.82) is 0 Å². The van der Waals surface area contributed by atoms with Crippen molar-refractivity contribution in [2.24, 2.45) is 0 Å². The molecule has 0 atom stereocenters. The minimum Gasteiger partial charge on any atom is -0.432 e. The molecular weight excluding hydrogens is 164 g/mol. The van der Waals surface area contributed by atoms with E-state index in [0.29, 0.717) is 0 Å². The van der Waals surface area contributed by atoms with E-state index in [0.717, 1.165) is 18.6 Å². The van der Waals surface area contributed by atoms with Gasteiger partial charge in [-0.05, 0) is 31.8 Å². The molecule has 13 heavy (non-hydrogen) atoms. The van der Waals surface area contributed by atoms with Crippen molar-refractivity contribution >= 4 is 5.97 Å². The predicted molar refractivity (Wildman–Crippen MR) is 54.3 cm³/mol. The van der Waals surface area contributed by atoms with E-state index in [4.69, 9.17) is 4.74 Å². The summed E-state index contributed by atoms with van der Waals surface area (Å²) < 4.78 is 5.04. The fraction of sp³-hybridized carbons (Fsp3) is 0.727. The summed E-state index contributed by atoms with van der Waals surface area (Å²) in [5, 5.41) is 0. The Morgan fingerprint density at radius 3 is 2.23 bits per heavy atom. The number of ether oxygens (including phenoxy) is 1. The summed E-state index contributed by atoms with van der Waals surface area (Å²) in [6.45, 7) is 7.57. The average molecular weight is 184 g/mol. The number of carbonyl (C=O) groups is 1. The molecule has 0 aromatic heterocycles. The molecule has 0 aromatic carbocycles. The molecule has 0 saturated heterocycles. The monoisotopic (exact) mass is 184 g/mol. The van der Waals surface area contributed by atoms with Gasteiger partial charge >= 0.3 is 5.97 Å². The maximum Gasteiger partial charge on any atom is 0.307 e. The number of hydrogen-bond donors (Lipinski definition) is 0. The first-order chi connectivity index (χ1) is 6.11. The Morgan fingerprint density at radius 1 is 1.23 bits per heavy atom. The van der Waals surface area contributed by atoms with Gasteiger partial charge in [-0.25, -0.2) is 0 Å². The third-order valence-corrected chi connectivity index (χ3v) is 2.05. The molecular formula is C11H20O2. The van der Waals surface area contributed by atoms with E-state index in [1.165, 1.54) is 25.3 Å². The third kappa shape index (κ3) is 5.45. The first-order valence-corrected chi connectivity index (χ1v) is 4.98. The van der Waals surface area contributed by atoms with Crippen LogP contribution in [0.15, 0.2) is 11.3 Å². The fourth-order valence-corrected chi connectivity index (χ4v) is 1.28. The second-order valence-electron chi connectivity index (χ2n) is 3.21. The lowest BCUT2D eigenvalue weighted by molar-refractivity contribution is -0.136. The molecule has 0 rings (SSSR count). The van der Waals surface area contributed by atoms with Crippen LogP contribution in [0.3, 0.4) is 0 Å². The van der Waals surface area contributed by atoms with E-state index in [-0.39, 0.29) is 5.97 Å². The summed E-state index contributed by atoms with van der Waals surface area (Å²) in [4.78, 5) is 10.7. The molecule has 0 aliphatic carbocycles. The third-order valence-electron chi connectivity index (χ3n) is 2.05. The van der Waals surface area contributed by atoms with Gasteiger partial charge in [0.25, 0.3) is 0 Å². The molecule has 0 spiro atoms. The smallest absolute Gasteiger partial charge is 0.307 e. The molecule has 0 aliphatic rings. The Balaban J connectivity index is 4.21. The minimum atomic E-state index is -0.222. The zero-order valence-corrected chi connectivity index (χ0v) is 9.14. The topological polar surface area (TPSA) is 26.3 Å². The first-order valence-electron chi connectivity index (χ1n) is 4.98. The SMILES string of the molecule is CCCCC(CC)=C(C)OC(C)=O. The highest BCUT2D eigenvalue weighted by Crippen LogP contribution is 2.16. The van der Waals surface area contributed by atoms with Crippen LogP contribution in [0.2, 0.25) is 0 Å². The lowest BCUT2D eigenvalue weighted by atomic mass is 10.1. The number of allylic oxidation sites excluding steroid dienone is 2. The van der Waals surface area contributed by atoms with Crippen molar-refractivity contribution < 1.29 is 9.53 Å². The molecule has 0 amide bonds. The van der Waals surface area contributed by atoms with Crippen LogP contribution in [-0.4, -0.2) is 5.97 Å². The predicted octanol–water partition coefficient (Wildman–Crippen LogP) is 3.42. The van der Waals surface area contributed by atoms with Crippen LogP contribution in [0.5, 0.6) is 0 Å². The van der Waals surface area contributed by atoms with Crippen LogP contribution in [0.4, 0.5) is 0 Å². The Labute approximate surface area is 81.0 Å². The summed E-state index contributed by atoms with van der Waals surface area (Å²) in [5.41, 5.74) is 1.26. The summed E-state index contributed by atoms with van der Waals surface area (Å²) in [6, 6.07) is 0. The van der Waals surface area contributed by atoms with Crippen molar-refractivity contribution in [3.63, 3.8) is 0 Å². The van der Waals surface area contributed by atoms with E-state index in [2.05, 4.69) is 13.8 Å². The van der Waals surface area contributed by atoms with Gasteiger partial charge in [0.2, 0.25) is 0 Å². The van der Waals surface area contributed by atoms with Gasteiger partial charge in [-0.2, -0.15) is 0 Å². The van der Waals surface area contributed by atoms with Gasteiger partial charge in [-0.1, -0.05) is 20.3 Å². The lowest BCUT2D eigenvalue weighted by Crippen LogP contribution is -1.99. The maximum absolute atomic E-state index is 10.7. The zero-order chi connectivity index (χ0) is 10.3. The molecule has 0 radical (unpaired) electrons. The second-order valence-corrected chi connectivity index (χ2v) is 3.21. The zero-order valence-electron chi connectivity index (χ0n) is 9.14. The van der Waals surface area contributed by atoms with Gasteiger partial charge in [0, 0.05) is 6.92 Å². The van der Waals surface area contributed by atoms with E-state index in [1.54, 1.807) is 0 Å². The Morgan fingerprint density at radius 2 is 1.85 bits per heavy atom.